The van der Waals surface area contributed by atoms with Crippen LogP contribution in [0.4, 0.5) is 0 Å². The number of ether oxygens (including phenoxy) is 1. The monoisotopic (exact) mass is 388 g/mol. The van der Waals surface area contributed by atoms with E-state index < -0.39 is 10.0 Å². The minimum atomic E-state index is -3.49. The third kappa shape index (κ3) is 4.48. The maximum Gasteiger partial charge on any atom is 0.240 e. The van der Waals surface area contributed by atoms with Gasteiger partial charge in [0.15, 0.2) is 0 Å². The minimum Gasteiger partial charge on any atom is -0.497 e. The number of hydrogen-bond acceptors (Lipinski definition) is 4. The van der Waals surface area contributed by atoms with Crippen molar-refractivity contribution >= 4 is 15.9 Å². The Morgan fingerprint density at radius 2 is 1.89 bits per heavy atom. The lowest BCUT2D eigenvalue weighted by Gasteiger charge is -2.29. The number of amides is 1. The topological polar surface area (TPSA) is 75.7 Å². The molecular weight excluding hydrogens is 364 g/mol. The second-order valence-electron chi connectivity index (χ2n) is 6.55. The molecule has 1 aliphatic rings. The zero-order valence-electron chi connectivity index (χ0n) is 15.6. The van der Waals surface area contributed by atoms with Gasteiger partial charge in [0.2, 0.25) is 15.9 Å². The largest absolute Gasteiger partial charge is 0.497 e. The molecule has 0 saturated heterocycles. The number of hydrogen-bond donors (Lipinski definition) is 1. The van der Waals surface area contributed by atoms with Gasteiger partial charge in [-0.05, 0) is 60.8 Å². The van der Waals surface area contributed by atoms with E-state index in [-0.39, 0.29) is 10.8 Å². The Balaban J connectivity index is 1.65. The van der Waals surface area contributed by atoms with Crippen LogP contribution in [0.3, 0.4) is 0 Å². The number of rotatable bonds is 6. The Labute approximate surface area is 160 Å². The number of carbonyl (C=O) groups is 1. The van der Waals surface area contributed by atoms with E-state index in [0.29, 0.717) is 25.9 Å². The number of methoxy groups -OCH3 is 1. The molecule has 1 N–H and O–H groups in total. The molecule has 1 aliphatic heterocycles. The highest BCUT2D eigenvalue weighted by molar-refractivity contribution is 7.89. The summed E-state index contributed by atoms with van der Waals surface area (Å²) in [6, 6.07) is 12.8. The third-order valence-corrected chi connectivity index (χ3v) is 6.32. The molecule has 3 rings (SSSR count). The highest BCUT2D eigenvalue weighted by atomic mass is 32.2. The summed E-state index contributed by atoms with van der Waals surface area (Å²) in [5.41, 5.74) is 3.09. The maximum atomic E-state index is 12.6. The van der Waals surface area contributed by atoms with Gasteiger partial charge in [0.05, 0.1) is 12.0 Å². The molecule has 1 amide bonds. The molecule has 0 radical (unpaired) electrons. The van der Waals surface area contributed by atoms with Crippen molar-refractivity contribution in [1.29, 1.82) is 0 Å². The first kappa shape index (κ1) is 19.4. The molecule has 0 aliphatic carbocycles. The average molecular weight is 388 g/mol. The summed E-state index contributed by atoms with van der Waals surface area (Å²) in [5.74, 6) is 0.878. The average Bonchev–Trinajstić information content (AvgIpc) is 2.71. The lowest BCUT2D eigenvalue weighted by atomic mass is 9.99. The summed E-state index contributed by atoms with van der Waals surface area (Å²) >= 11 is 0. The molecule has 0 atom stereocenters. The molecule has 0 bridgehead atoms. The summed E-state index contributed by atoms with van der Waals surface area (Å²) in [6.45, 7) is 1.11. The molecule has 2 aromatic carbocycles. The van der Waals surface area contributed by atoms with E-state index in [2.05, 4.69) is 4.72 Å². The normalized spacial score (nSPS) is 13.9. The summed E-state index contributed by atoms with van der Waals surface area (Å²) < 4.78 is 31.5. The molecule has 0 fully saturated rings. The number of benzene rings is 2. The number of nitrogens with zero attached hydrogens (tertiary/aromatic N) is 1. The van der Waals surface area contributed by atoms with Crippen molar-refractivity contribution in [3.8, 4) is 5.75 Å². The quantitative estimate of drug-likeness (QED) is 0.823. The second-order valence-corrected chi connectivity index (χ2v) is 8.44. The smallest absolute Gasteiger partial charge is 0.240 e. The highest BCUT2D eigenvalue weighted by Gasteiger charge is 2.22. The van der Waals surface area contributed by atoms with Crippen molar-refractivity contribution in [3.63, 3.8) is 0 Å². The fourth-order valence-electron chi connectivity index (χ4n) is 3.23. The summed E-state index contributed by atoms with van der Waals surface area (Å²) in [6.07, 6.45) is 1.83. The van der Waals surface area contributed by atoms with Crippen LogP contribution in [0.1, 0.15) is 23.1 Å². The van der Waals surface area contributed by atoms with Crippen LogP contribution >= 0.6 is 0 Å². The van der Waals surface area contributed by atoms with Gasteiger partial charge in [0.1, 0.15) is 5.75 Å². The summed E-state index contributed by atoms with van der Waals surface area (Å²) in [5, 5.41) is 0. The van der Waals surface area contributed by atoms with E-state index in [4.69, 9.17) is 4.74 Å². The number of carbonyl (C=O) groups excluding carboxylic acids is 1. The van der Waals surface area contributed by atoms with Gasteiger partial charge in [-0.25, -0.2) is 13.1 Å². The molecule has 0 saturated carbocycles. The number of fused-ring (bicyclic) bond motifs is 1. The Hall–Kier alpha value is -2.38. The standard InChI is InChI=1S/C20H24N2O4S/c1-21-27(24,25)19-9-6-16-11-12-22(14-17(16)13-19)20(23)10-5-15-3-7-18(26-2)8-4-15/h3-4,6-9,13,21H,5,10-12,14H2,1-2H3. The van der Waals surface area contributed by atoms with E-state index in [0.717, 1.165) is 28.9 Å². The molecule has 7 heteroatoms. The van der Waals surface area contributed by atoms with Crippen LogP contribution in [0, 0.1) is 0 Å². The van der Waals surface area contributed by atoms with Gasteiger partial charge in [0, 0.05) is 19.5 Å². The van der Waals surface area contributed by atoms with Gasteiger partial charge in [-0.3, -0.25) is 4.79 Å². The SMILES string of the molecule is CNS(=O)(=O)c1ccc2c(c1)CN(C(=O)CCc1ccc(OC)cc1)CC2. The van der Waals surface area contributed by atoms with Crippen LogP contribution < -0.4 is 9.46 Å². The number of aryl methyl sites for hydroxylation is 1. The molecule has 144 valence electrons. The van der Waals surface area contributed by atoms with Gasteiger partial charge in [0.25, 0.3) is 0 Å². The van der Waals surface area contributed by atoms with Crippen LogP contribution in [0.5, 0.6) is 5.75 Å². The summed E-state index contributed by atoms with van der Waals surface area (Å²) in [7, 11) is -0.468. The van der Waals surface area contributed by atoms with E-state index in [1.807, 2.05) is 35.2 Å². The first-order valence-electron chi connectivity index (χ1n) is 8.89. The molecule has 2 aromatic rings. The van der Waals surface area contributed by atoms with E-state index in [9.17, 15) is 13.2 Å². The van der Waals surface area contributed by atoms with Gasteiger partial charge < -0.3 is 9.64 Å². The van der Waals surface area contributed by atoms with Crippen LogP contribution in [0.25, 0.3) is 0 Å². The highest BCUT2D eigenvalue weighted by Crippen LogP contribution is 2.23. The number of nitrogens with one attached hydrogen (secondary N) is 1. The molecule has 1 heterocycles. The predicted molar refractivity (Wildman–Crippen MR) is 103 cm³/mol. The number of sulfonamides is 1. The zero-order chi connectivity index (χ0) is 19.4. The second kappa shape index (κ2) is 8.10. The van der Waals surface area contributed by atoms with Crippen molar-refractivity contribution in [2.75, 3.05) is 20.7 Å². The molecular formula is C20H24N2O4S. The fraction of sp³-hybridized carbons (Fsp3) is 0.350. The van der Waals surface area contributed by atoms with E-state index in [1.165, 1.54) is 7.05 Å². The van der Waals surface area contributed by atoms with Crippen molar-refractivity contribution in [2.45, 2.75) is 30.7 Å². The molecule has 27 heavy (non-hydrogen) atoms. The fourth-order valence-corrected chi connectivity index (χ4v) is 4.01. The molecule has 0 unspecified atom stereocenters. The predicted octanol–water partition coefficient (Wildman–Crippen LogP) is 2.12. The lowest BCUT2D eigenvalue weighted by Crippen LogP contribution is -2.36. The Morgan fingerprint density at radius 1 is 1.15 bits per heavy atom. The van der Waals surface area contributed by atoms with Crippen LogP contribution in [0.15, 0.2) is 47.4 Å². The Kier molecular flexibility index (Phi) is 5.82. The van der Waals surface area contributed by atoms with Crippen molar-refractivity contribution in [3.05, 3.63) is 59.2 Å². The van der Waals surface area contributed by atoms with E-state index >= 15 is 0 Å². The van der Waals surface area contributed by atoms with Gasteiger partial charge in [-0.1, -0.05) is 18.2 Å². The maximum absolute atomic E-state index is 12.6. The first-order chi connectivity index (χ1) is 12.9. The van der Waals surface area contributed by atoms with Crippen molar-refractivity contribution in [1.82, 2.24) is 9.62 Å². The summed E-state index contributed by atoms with van der Waals surface area (Å²) in [4.78, 5) is 14.7. The van der Waals surface area contributed by atoms with Crippen LogP contribution in [0.2, 0.25) is 0 Å². The molecule has 0 aromatic heterocycles. The molecule has 0 spiro atoms. The first-order valence-corrected chi connectivity index (χ1v) is 10.4. The van der Waals surface area contributed by atoms with Gasteiger partial charge in [-0.15, -0.1) is 0 Å². The van der Waals surface area contributed by atoms with Gasteiger partial charge >= 0.3 is 0 Å². The van der Waals surface area contributed by atoms with Crippen molar-refractivity contribution in [2.24, 2.45) is 0 Å². The van der Waals surface area contributed by atoms with E-state index in [1.54, 1.807) is 19.2 Å². The molecule has 6 nitrogen and oxygen atoms in total. The van der Waals surface area contributed by atoms with Crippen LogP contribution in [-0.4, -0.2) is 39.9 Å². The van der Waals surface area contributed by atoms with Crippen LogP contribution in [-0.2, 0) is 34.2 Å². The zero-order valence-corrected chi connectivity index (χ0v) is 16.4. The van der Waals surface area contributed by atoms with Crippen molar-refractivity contribution < 1.29 is 17.9 Å². The van der Waals surface area contributed by atoms with Gasteiger partial charge in [-0.2, -0.15) is 0 Å². The third-order valence-electron chi connectivity index (χ3n) is 4.91. The lowest BCUT2D eigenvalue weighted by molar-refractivity contribution is -0.132. The minimum absolute atomic E-state index is 0.0818. The Morgan fingerprint density at radius 3 is 2.56 bits per heavy atom. The Bertz CT molecular complexity index is 923.